The first-order chi connectivity index (χ1) is 8.09. The number of carbonyl (C=O) groups excluding carboxylic acids is 2. The fourth-order valence-corrected chi connectivity index (χ4v) is 1.79. The largest absolute Gasteiger partial charge is 0.353 e. The first-order valence-electron chi connectivity index (χ1n) is 5.37. The fraction of sp³-hybridized carbons (Fsp3) is 0.364. The average Bonchev–Trinajstić information content (AvgIpc) is 2.32. The molecule has 0 aliphatic carbocycles. The van der Waals surface area contributed by atoms with Crippen LogP contribution in [0.25, 0.3) is 0 Å². The Balaban J connectivity index is 2.25. The summed E-state index contributed by atoms with van der Waals surface area (Å²) in [5.74, 6) is -0.507. The van der Waals surface area contributed by atoms with E-state index in [9.17, 15) is 14.4 Å². The van der Waals surface area contributed by atoms with Gasteiger partial charge in [-0.2, -0.15) is 0 Å². The summed E-state index contributed by atoms with van der Waals surface area (Å²) in [7, 11) is 0. The van der Waals surface area contributed by atoms with Gasteiger partial charge in [0.25, 0.3) is 5.91 Å². The van der Waals surface area contributed by atoms with Crippen LogP contribution in [-0.2, 0) is 4.79 Å². The number of hydrogen-bond donors (Lipinski definition) is 2. The van der Waals surface area contributed by atoms with Crippen molar-refractivity contribution in [2.24, 2.45) is 0 Å². The summed E-state index contributed by atoms with van der Waals surface area (Å²) >= 11 is 0. The smallest absolute Gasteiger partial charge is 0.271 e. The van der Waals surface area contributed by atoms with Gasteiger partial charge >= 0.3 is 0 Å². The molecule has 2 N–H and O–H groups in total. The quantitative estimate of drug-likeness (QED) is 0.677. The van der Waals surface area contributed by atoms with Crippen molar-refractivity contribution in [1.82, 2.24) is 15.2 Å². The minimum atomic E-state index is -0.514. The third-order valence-electron chi connectivity index (χ3n) is 2.76. The molecule has 0 spiro atoms. The molecule has 0 aromatic carbocycles. The van der Waals surface area contributed by atoms with E-state index in [0.717, 1.165) is 0 Å². The van der Waals surface area contributed by atoms with Crippen LogP contribution in [-0.4, -0.2) is 40.8 Å². The van der Waals surface area contributed by atoms with E-state index < -0.39 is 6.04 Å². The first-order valence-corrected chi connectivity index (χ1v) is 5.37. The predicted octanol–water partition coefficient (Wildman–Crippen LogP) is -0.665. The molecule has 0 radical (unpaired) electrons. The Morgan fingerprint density at radius 1 is 1.41 bits per heavy atom. The van der Waals surface area contributed by atoms with Gasteiger partial charge in [0, 0.05) is 19.2 Å². The van der Waals surface area contributed by atoms with E-state index in [0.29, 0.717) is 13.1 Å². The monoisotopic (exact) mass is 235 g/mol. The highest BCUT2D eigenvalue weighted by atomic mass is 16.2. The van der Waals surface area contributed by atoms with Crippen LogP contribution in [0.2, 0.25) is 0 Å². The van der Waals surface area contributed by atoms with Crippen molar-refractivity contribution < 1.29 is 9.59 Å². The highest BCUT2D eigenvalue weighted by molar-refractivity contribution is 5.96. The summed E-state index contributed by atoms with van der Waals surface area (Å²) in [4.78, 5) is 38.5. The number of H-pyrrole nitrogens is 1. The number of nitrogens with zero attached hydrogens (tertiary/aromatic N) is 1. The molecule has 0 bridgehead atoms. The lowest BCUT2D eigenvalue weighted by atomic mass is 10.2. The van der Waals surface area contributed by atoms with Gasteiger partial charge in [0.05, 0.1) is 0 Å². The molecule has 2 rings (SSSR count). The molecule has 1 unspecified atom stereocenters. The van der Waals surface area contributed by atoms with Gasteiger partial charge in [-0.05, 0) is 13.0 Å². The molecule has 0 saturated carbocycles. The molecule has 1 fully saturated rings. The van der Waals surface area contributed by atoms with Crippen molar-refractivity contribution in [3.05, 3.63) is 34.2 Å². The maximum atomic E-state index is 12.1. The first kappa shape index (κ1) is 11.4. The Kier molecular flexibility index (Phi) is 2.95. The topological polar surface area (TPSA) is 82.3 Å². The molecule has 1 aliphatic rings. The number of piperazine rings is 1. The third-order valence-corrected chi connectivity index (χ3v) is 2.76. The lowest BCUT2D eigenvalue weighted by Gasteiger charge is -2.32. The van der Waals surface area contributed by atoms with Crippen molar-refractivity contribution in [2.45, 2.75) is 13.0 Å². The van der Waals surface area contributed by atoms with Crippen molar-refractivity contribution in [3.63, 3.8) is 0 Å². The van der Waals surface area contributed by atoms with Crippen LogP contribution in [0, 0.1) is 0 Å². The zero-order valence-electron chi connectivity index (χ0n) is 9.40. The Bertz CT molecular complexity index is 509. The van der Waals surface area contributed by atoms with E-state index in [1.165, 1.54) is 23.1 Å². The van der Waals surface area contributed by atoms with E-state index in [4.69, 9.17) is 0 Å². The molecule has 1 atom stereocenters. The maximum Gasteiger partial charge on any atom is 0.271 e. The van der Waals surface area contributed by atoms with Crippen LogP contribution >= 0.6 is 0 Å². The summed E-state index contributed by atoms with van der Waals surface area (Å²) in [6.07, 6.45) is 0. The molecule has 6 heteroatoms. The summed E-state index contributed by atoms with van der Waals surface area (Å²) in [6.45, 7) is 2.54. The van der Waals surface area contributed by atoms with Crippen LogP contribution in [0.5, 0.6) is 0 Å². The Morgan fingerprint density at radius 3 is 2.88 bits per heavy atom. The van der Waals surface area contributed by atoms with Crippen LogP contribution in [0.15, 0.2) is 23.0 Å². The van der Waals surface area contributed by atoms with E-state index >= 15 is 0 Å². The molecule has 6 nitrogen and oxygen atoms in total. The Morgan fingerprint density at radius 2 is 2.18 bits per heavy atom. The van der Waals surface area contributed by atoms with Gasteiger partial charge < -0.3 is 15.2 Å². The minimum absolute atomic E-state index is 0.178. The Labute approximate surface area is 97.6 Å². The molecule has 2 amide bonds. The van der Waals surface area contributed by atoms with Gasteiger partial charge in [0.1, 0.15) is 11.7 Å². The van der Waals surface area contributed by atoms with Gasteiger partial charge in [-0.25, -0.2) is 0 Å². The second-order valence-electron chi connectivity index (χ2n) is 3.89. The maximum absolute atomic E-state index is 12.1. The zero-order valence-corrected chi connectivity index (χ0v) is 9.40. The average molecular weight is 235 g/mol. The molecule has 1 aliphatic heterocycles. The van der Waals surface area contributed by atoms with Crippen LogP contribution in [0.1, 0.15) is 17.4 Å². The second-order valence-corrected chi connectivity index (χ2v) is 3.89. The third kappa shape index (κ3) is 2.20. The van der Waals surface area contributed by atoms with Crippen molar-refractivity contribution in [3.8, 4) is 0 Å². The standard InChI is InChI=1S/C11H13N3O3/c1-7-10(16)12-5-6-14(7)11(17)8-3-2-4-9(15)13-8/h2-4,7H,5-6H2,1H3,(H,12,16)(H,13,15). The van der Waals surface area contributed by atoms with Gasteiger partial charge in [-0.3, -0.25) is 14.4 Å². The van der Waals surface area contributed by atoms with Gasteiger partial charge in [0.2, 0.25) is 11.5 Å². The number of nitrogens with one attached hydrogen (secondary N) is 2. The van der Waals surface area contributed by atoms with E-state index in [1.807, 2.05) is 0 Å². The minimum Gasteiger partial charge on any atom is -0.353 e. The summed E-state index contributed by atoms with van der Waals surface area (Å²) in [5.41, 5.74) is -0.121. The lowest BCUT2D eigenvalue weighted by Crippen LogP contribution is -2.56. The molecule has 1 aromatic rings. The number of carbonyl (C=O) groups is 2. The highest BCUT2D eigenvalue weighted by Crippen LogP contribution is 2.08. The fourth-order valence-electron chi connectivity index (χ4n) is 1.79. The highest BCUT2D eigenvalue weighted by Gasteiger charge is 2.30. The van der Waals surface area contributed by atoms with Crippen molar-refractivity contribution in [1.29, 1.82) is 0 Å². The molecule has 2 heterocycles. The Hall–Kier alpha value is -2.11. The summed E-state index contributed by atoms with van der Waals surface area (Å²) in [5, 5.41) is 2.67. The molecule has 90 valence electrons. The number of amides is 2. The van der Waals surface area contributed by atoms with Crippen LogP contribution in [0.3, 0.4) is 0 Å². The molecule has 17 heavy (non-hydrogen) atoms. The number of pyridine rings is 1. The second kappa shape index (κ2) is 4.40. The number of rotatable bonds is 1. The molecular weight excluding hydrogens is 222 g/mol. The van der Waals surface area contributed by atoms with E-state index in [2.05, 4.69) is 10.3 Å². The van der Waals surface area contributed by atoms with Crippen LogP contribution < -0.4 is 10.9 Å². The SMILES string of the molecule is CC1C(=O)NCCN1C(=O)c1cccc(=O)[nH]1. The van der Waals surface area contributed by atoms with Gasteiger partial charge in [-0.15, -0.1) is 0 Å². The van der Waals surface area contributed by atoms with Crippen molar-refractivity contribution in [2.75, 3.05) is 13.1 Å². The van der Waals surface area contributed by atoms with Gasteiger partial charge in [-0.1, -0.05) is 6.07 Å². The molecule has 1 aromatic heterocycles. The number of aromatic amines is 1. The van der Waals surface area contributed by atoms with Gasteiger partial charge in [0.15, 0.2) is 0 Å². The normalized spacial score (nSPS) is 19.9. The van der Waals surface area contributed by atoms with Crippen molar-refractivity contribution >= 4 is 11.8 Å². The van der Waals surface area contributed by atoms with E-state index in [1.54, 1.807) is 6.92 Å². The summed E-state index contributed by atoms with van der Waals surface area (Å²) in [6, 6.07) is 3.87. The zero-order chi connectivity index (χ0) is 12.4. The number of hydrogen-bond acceptors (Lipinski definition) is 3. The predicted molar refractivity (Wildman–Crippen MR) is 60.6 cm³/mol. The molecular formula is C11H13N3O3. The molecule has 1 saturated heterocycles. The summed E-state index contributed by atoms with van der Waals surface area (Å²) < 4.78 is 0. The lowest BCUT2D eigenvalue weighted by molar-refractivity contribution is -0.127. The number of aromatic nitrogens is 1. The van der Waals surface area contributed by atoms with E-state index in [-0.39, 0.29) is 23.1 Å². The van der Waals surface area contributed by atoms with Crippen LogP contribution in [0.4, 0.5) is 0 Å².